The third kappa shape index (κ3) is 3.73. The van der Waals surface area contributed by atoms with Crippen molar-refractivity contribution in [3.63, 3.8) is 0 Å². The lowest BCUT2D eigenvalue weighted by Crippen LogP contribution is -2.35. The first-order valence-corrected chi connectivity index (χ1v) is 11.8. The number of anilines is 1. The van der Waals surface area contributed by atoms with Crippen molar-refractivity contribution in [2.24, 2.45) is 5.41 Å². The summed E-state index contributed by atoms with van der Waals surface area (Å²) >= 11 is 1.40. The van der Waals surface area contributed by atoms with Crippen LogP contribution in [-0.4, -0.2) is 26.3 Å². The Bertz CT molecular complexity index is 1290. The van der Waals surface area contributed by atoms with Crippen LogP contribution in [0.1, 0.15) is 54.3 Å². The van der Waals surface area contributed by atoms with Gasteiger partial charge in [-0.2, -0.15) is 5.10 Å². The summed E-state index contributed by atoms with van der Waals surface area (Å²) in [6.07, 6.45) is 8.53. The van der Waals surface area contributed by atoms with Crippen LogP contribution in [0.5, 0.6) is 0 Å². The molecule has 1 aromatic carbocycles. The maximum absolute atomic E-state index is 13.0. The highest BCUT2D eigenvalue weighted by Crippen LogP contribution is 2.37. The van der Waals surface area contributed by atoms with Crippen molar-refractivity contribution in [1.29, 1.82) is 0 Å². The summed E-state index contributed by atoms with van der Waals surface area (Å²) in [4.78, 5) is 30.9. The van der Waals surface area contributed by atoms with Crippen molar-refractivity contribution in [1.82, 2.24) is 14.6 Å². The maximum Gasteiger partial charge on any atom is 0.230 e. The Labute approximate surface area is 190 Å². The standard InChI is InChI=1S/C25H24N4O2S/c1-25(11-3-2-4-12-25)24(31)28-18-8-5-7-17(15-18)20-10-13-26-23-19(16-27-29(20)23)22(30)21-9-6-14-32-21/h5-10,13-16H,2-4,11-12H2,1H3,(H,28,31). The van der Waals surface area contributed by atoms with E-state index in [1.165, 1.54) is 17.8 Å². The number of thiophene rings is 1. The predicted molar refractivity (Wildman–Crippen MR) is 126 cm³/mol. The molecule has 3 aromatic heterocycles. The van der Waals surface area contributed by atoms with Gasteiger partial charge in [0.15, 0.2) is 5.65 Å². The van der Waals surface area contributed by atoms with Crippen molar-refractivity contribution in [2.75, 3.05) is 5.32 Å². The number of nitrogens with one attached hydrogen (secondary N) is 1. The summed E-state index contributed by atoms with van der Waals surface area (Å²) in [5.41, 5.74) is 3.14. The molecule has 0 radical (unpaired) electrons. The molecule has 0 atom stereocenters. The van der Waals surface area contributed by atoms with Gasteiger partial charge in [-0.25, -0.2) is 9.50 Å². The molecule has 1 saturated carbocycles. The van der Waals surface area contributed by atoms with Crippen LogP contribution in [0.4, 0.5) is 5.69 Å². The van der Waals surface area contributed by atoms with Gasteiger partial charge in [-0.15, -0.1) is 11.3 Å². The van der Waals surface area contributed by atoms with Crippen molar-refractivity contribution in [3.05, 3.63) is 70.7 Å². The van der Waals surface area contributed by atoms with Crippen LogP contribution in [0.25, 0.3) is 16.9 Å². The molecule has 3 heterocycles. The number of carbonyl (C=O) groups excluding carboxylic acids is 2. The monoisotopic (exact) mass is 444 g/mol. The zero-order chi connectivity index (χ0) is 22.1. The molecular formula is C25H24N4O2S. The average molecular weight is 445 g/mol. The fourth-order valence-electron chi connectivity index (χ4n) is 4.41. The summed E-state index contributed by atoms with van der Waals surface area (Å²) in [6.45, 7) is 2.06. The second-order valence-corrected chi connectivity index (χ2v) is 9.53. The van der Waals surface area contributed by atoms with Gasteiger partial charge in [0.05, 0.1) is 22.3 Å². The first-order valence-electron chi connectivity index (χ1n) is 10.9. The summed E-state index contributed by atoms with van der Waals surface area (Å²) in [5.74, 6) is -0.00136. The van der Waals surface area contributed by atoms with Gasteiger partial charge in [0.1, 0.15) is 0 Å². The number of fused-ring (bicyclic) bond motifs is 1. The first-order chi connectivity index (χ1) is 15.5. The largest absolute Gasteiger partial charge is 0.326 e. The Morgan fingerprint density at radius 1 is 1.09 bits per heavy atom. The van der Waals surface area contributed by atoms with E-state index in [0.29, 0.717) is 16.1 Å². The molecule has 1 fully saturated rings. The highest BCUT2D eigenvalue weighted by molar-refractivity contribution is 7.12. The zero-order valence-electron chi connectivity index (χ0n) is 17.9. The fourth-order valence-corrected chi connectivity index (χ4v) is 5.09. The summed E-state index contributed by atoms with van der Waals surface area (Å²) in [7, 11) is 0. The fraction of sp³-hybridized carbons (Fsp3) is 0.280. The first kappa shape index (κ1) is 20.6. The van der Waals surface area contributed by atoms with E-state index >= 15 is 0 Å². The van der Waals surface area contributed by atoms with Gasteiger partial charge >= 0.3 is 0 Å². The van der Waals surface area contributed by atoms with E-state index in [1.807, 2.05) is 41.8 Å². The summed E-state index contributed by atoms with van der Waals surface area (Å²) < 4.78 is 1.68. The van der Waals surface area contributed by atoms with Crippen molar-refractivity contribution >= 4 is 34.4 Å². The molecule has 0 aliphatic heterocycles. The van der Waals surface area contributed by atoms with Crippen LogP contribution in [0.15, 0.2) is 60.2 Å². The van der Waals surface area contributed by atoms with Gasteiger partial charge in [0.2, 0.25) is 11.7 Å². The van der Waals surface area contributed by atoms with Crippen LogP contribution in [-0.2, 0) is 4.79 Å². The van der Waals surface area contributed by atoms with Gasteiger partial charge in [-0.1, -0.05) is 44.4 Å². The topological polar surface area (TPSA) is 76.4 Å². The number of nitrogens with zero attached hydrogens (tertiary/aromatic N) is 3. The third-order valence-corrected chi connectivity index (χ3v) is 7.18. The Kier molecular flexibility index (Phi) is 5.35. The van der Waals surface area contributed by atoms with Gasteiger partial charge in [-0.3, -0.25) is 9.59 Å². The van der Waals surface area contributed by atoms with Crippen LogP contribution in [0.2, 0.25) is 0 Å². The minimum atomic E-state index is -0.308. The molecule has 0 bridgehead atoms. The third-order valence-electron chi connectivity index (χ3n) is 6.31. The van der Waals surface area contributed by atoms with Crippen molar-refractivity contribution in [3.8, 4) is 11.3 Å². The van der Waals surface area contributed by atoms with E-state index < -0.39 is 0 Å². The van der Waals surface area contributed by atoms with Gasteiger partial charge in [0, 0.05) is 22.9 Å². The Hall–Kier alpha value is -3.32. The number of rotatable bonds is 5. The molecule has 4 aromatic rings. The van der Waals surface area contributed by atoms with Crippen LogP contribution >= 0.6 is 11.3 Å². The van der Waals surface area contributed by atoms with Gasteiger partial charge < -0.3 is 5.32 Å². The number of amides is 1. The molecule has 0 unspecified atom stereocenters. The number of ketones is 1. The maximum atomic E-state index is 13.0. The second-order valence-electron chi connectivity index (χ2n) is 8.59. The molecule has 6 nitrogen and oxygen atoms in total. The van der Waals surface area contributed by atoms with Crippen LogP contribution in [0, 0.1) is 5.41 Å². The van der Waals surface area contributed by atoms with Crippen LogP contribution < -0.4 is 5.32 Å². The van der Waals surface area contributed by atoms with E-state index in [4.69, 9.17) is 0 Å². The lowest BCUT2D eigenvalue weighted by molar-refractivity contribution is -0.126. The van der Waals surface area contributed by atoms with Crippen molar-refractivity contribution in [2.45, 2.75) is 39.0 Å². The summed E-state index contributed by atoms with van der Waals surface area (Å²) in [6, 6.07) is 13.3. The number of benzene rings is 1. The molecule has 1 aliphatic rings. The Balaban J connectivity index is 1.46. The lowest BCUT2D eigenvalue weighted by Gasteiger charge is -2.32. The molecule has 1 amide bonds. The number of carbonyl (C=O) groups is 2. The lowest BCUT2D eigenvalue weighted by atomic mass is 9.75. The Morgan fingerprint density at radius 3 is 2.72 bits per heavy atom. The minimum Gasteiger partial charge on any atom is -0.326 e. The van der Waals surface area contributed by atoms with E-state index in [2.05, 4.69) is 22.3 Å². The normalized spacial score (nSPS) is 15.5. The molecule has 162 valence electrons. The van der Waals surface area contributed by atoms with Crippen molar-refractivity contribution < 1.29 is 9.59 Å². The molecular weight excluding hydrogens is 420 g/mol. The summed E-state index contributed by atoms with van der Waals surface area (Å²) in [5, 5.41) is 9.45. The molecule has 32 heavy (non-hydrogen) atoms. The number of hydrogen-bond acceptors (Lipinski definition) is 5. The SMILES string of the molecule is CC1(C(=O)Nc2cccc(-c3ccnc4c(C(=O)c5cccs5)cnn34)c2)CCCCC1. The minimum absolute atomic E-state index is 0.0807. The highest BCUT2D eigenvalue weighted by atomic mass is 32.1. The van der Waals surface area contributed by atoms with E-state index in [9.17, 15) is 9.59 Å². The van der Waals surface area contributed by atoms with Gasteiger partial charge in [0.25, 0.3) is 0 Å². The van der Waals surface area contributed by atoms with E-state index in [-0.39, 0.29) is 17.1 Å². The molecule has 0 spiro atoms. The molecule has 1 N–H and O–H groups in total. The predicted octanol–water partition coefficient (Wildman–Crippen LogP) is 5.60. The Morgan fingerprint density at radius 2 is 1.94 bits per heavy atom. The number of aromatic nitrogens is 3. The second kappa shape index (κ2) is 8.31. The van der Waals surface area contributed by atoms with E-state index in [0.717, 1.165) is 42.6 Å². The van der Waals surface area contributed by atoms with Gasteiger partial charge in [-0.05, 0) is 42.5 Å². The molecule has 7 heteroatoms. The quantitative estimate of drug-likeness (QED) is 0.407. The van der Waals surface area contributed by atoms with E-state index in [1.54, 1.807) is 23.0 Å². The molecule has 5 rings (SSSR count). The highest BCUT2D eigenvalue weighted by Gasteiger charge is 2.34. The average Bonchev–Trinajstić information content (AvgIpc) is 3.49. The van der Waals surface area contributed by atoms with Crippen LogP contribution in [0.3, 0.4) is 0 Å². The molecule has 1 aliphatic carbocycles. The smallest absolute Gasteiger partial charge is 0.230 e. The molecule has 0 saturated heterocycles. The zero-order valence-corrected chi connectivity index (χ0v) is 18.7. The number of hydrogen-bond donors (Lipinski definition) is 1.